The zero-order chi connectivity index (χ0) is 19.9. The van der Waals surface area contributed by atoms with E-state index in [2.05, 4.69) is 17.3 Å². The van der Waals surface area contributed by atoms with Gasteiger partial charge in [0.1, 0.15) is 18.0 Å². The van der Waals surface area contributed by atoms with Crippen LogP contribution in [0.3, 0.4) is 0 Å². The van der Waals surface area contributed by atoms with Crippen molar-refractivity contribution in [2.75, 3.05) is 19.0 Å². The summed E-state index contributed by atoms with van der Waals surface area (Å²) in [6, 6.07) is 12.4. The number of unbranched alkanes of at least 4 members (excludes halogenated alkanes) is 1. The van der Waals surface area contributed by atoms with Gasteiger partial charge in [-0.15, -0.1) is 0 Å². The van der Waals surface area contributed by atoms with Crippen molar-refractivity contribution in [2.24, 2.45) is 0 Å². The maximum Gasteiger partial charge on any atom is 0.275 e. The number of amides is 1. The lowest BCUT2D eigenvalue weighted by atomic mass is 10.2. The van der Waals surface area contributed by atoms with Crippen LogP contribution < -0.4 is 20.3 Å². The second-order valence-electron chi connectivity index (χ2n) is 6.31. The zero-order valence-electron chi connectivity index (χ0n) is 16.0. The van der Waals surface area contributed by atoms with Gasteiger partial charge in [-0.3, -0.25) is 9.59 Å². The smallest absolute Gasteiger partial charge is 0.275 e. The molecule has 0 saturated heterocycles. The van der Waals surface area contributed by atoms with E-state index in [0.29, 0.717) is 29.2 Å². The molecule has 2 aromatic carbocycles. The van der Waals surface area contributed by atoms with Gasteiger partial charge in [-0.1, -0.05) is 31.5 Å². The second-order valence-corrected chi connectivity index (χ2v) is 6.31. The first kappa shape index (κ1) is 19.4. The van der Waals surface area contributed by atoms with Crippen LogP contribution in [-0.4, -0.2) is 29.4 Å². The van der Waals surface area contributed by atoms with Gasteiger partial charge in [0.15, 0.2) is 0 Å². The Kier molecular flexibility index (Phi) is 6.26. The first-order chi connectivity index (χ1) is 13.6. The number of nitrogens with one attached hydrogen (secondary N) is 1. The Balaban J connectivity index is 1.79. The molecule has 28 heavy (non-hydrogen) atoms. The highest BCUT2D eigenvalue weighted by atomic mass is 16.5. The van der Waals surface area contributed by atoms with Crippen molar-refractivity contribution in [1.82, 2.24) is 9.78 Å². The Labute approximate surface area is 162 Å². The molecule has 146 valence electrons. The molecule has 0 bridgehead atoms. The monoisotopic (exact) mass is 381 g/mol. The molecule has 0 aliphatic rings. The highest BCUT2D eigenvalue weighted by molar-refractivity contribution is 5.92. The van der Waals surface area contributed by atoms with Crippen LogP contribution >= 0.6 is 0 Å². The SMILES string of the molecule is CCCCOc1ccc(OC)cc1NC(=O)Cn1ncc2ccccc2c1=O. The number of nitrogens with zero attached hydrogens (tertiary/aromatic N) is 2. The maximum atomic E-state index is 12.5. The van der Waals surface area contributed by atoms with Crippen LogP contribution in [0.2, 0.25) is 0 Å². The van der Waals surface area contributed by atoms with Crippen LogP contribution in [0.15, 0.2) is 53.5 Å². The number of rotatable bonds is 8. The Hall–Kier alpha value is -3.35. The summed E-state index contributed by atoms with van der Waals surface area (Å²) in [7, 11) is 1.55. The first-order valence-electron chi connectivity index (χ1n) is 9.18. The van der Waals surface area contributed by atoms with E-state index in [4.69, 9.17) is 9.47 Å². The Morgan fingerprint density at radius 1 is 1.21 bits per heavy atom. The van der Waals surface area contributed by atoms with Gasteiger partial charge in [0.05, 0.1) is 31.0 Å². The summed E-state index contributed by atoms with van der Waals surface area (Å²) in [4.78, 5) is 25.1. The van der Waals surface area contributed by atoms with Crippen molar-refractivity contribution in [1.29, 1.82) is 0 Å². The normalized spacial score (nSPS) is 10.6. The largest absolute Gasteiger partial charge is 0.497 e. The Morgan fingerprint density at radius 2 is 2.04 bits per heavy atom. The molecule has 1 aromatic heterocycles. The predicted molar refractivity (Wildman–Crippen MR) is 108 cm³/mol. The number of ether oxygens (including phenoxy) is 2. The number of benzene rings is 2. The molecule has 0 fully saturated rings. The van der Waals surface area contributed by atoms with Crippen molar-refractivity contribution >= 4 is 22.4 Å². The number of methoxy groups -OCH3 is 1. The van der Waals surface area contributed by atoms with E-state index in [9.17, 15) is 9.59 Å². The van der Waals surface area contributed by atoms with Crippen molar-refractivity contribution in [2.45, 2.75) is 26.3 Å². The number of carbonyl (C=O) groups is 1. The molecule has 0 atom stereocenters. The number of anilines is 1. The molecule has 0 aliphatic heterocycles. The Morgan fingerprint density at radius 3 is 2.82 bits per heavy atom. The summed E-state index contributed by atoms with van der Waals surface area (Å²) in [5.74, 6) is 0.777. The molecule has 0 radical (unpaired) electrons. The Bertz CT molecular complexity index is 1030. The third kappa shape index (κ3) is 4.49. The number of hydrogen-bond acceptors (Lipinski definition) is 5. The van der Waals surface area contributed by atoms with E-state index in [1.54, 1.807) is 43.6 Å². The third-order valence-corrected chi connectivity index (χ3v) is 4.27. The maximum absolute atomic E-state index is 12.5. The minimum atomic E-state index is -0.376. The predicted octanol–water partition coefficient (Wildman–Crippen LogP) is 3.22. The topological polar surface area (TPSA) is 82.4 Å². The highest BCUT2D eigenvalue weighted by Crippen LogP contribution is 2.29. The van der Waals surface area contributed by atoms with Crippen LogP contribution in [0.5, 0.6) is 11.5 Å². The lowest BCUT2D eigenvalue weighted by molar-refractivity contribution is -0.117. The molecule has 0 aliphatic carbocycles. The lowest BCUT2D eigenvalue weighted by Gasteiger charge is -2.14. The summed E-state index contributed by atoms with van der Waals surface area (Å²) in [5, 5.41) is 8.15. The van der Waals surface area contributed by atoms with Gasteiger partial charge in [0, 0.05) is 11.5 Å². The van der Waals surface area contributed by atoms with Crippen LogP contribution in [0.4, 0.5) is 5.69 Å². The molecular formula is C21H23N3O4. The van der Waals surface area contributed by atoms with Gasteiger partial charge in [0.2, 0.25) is 5.91 Å². The zero-order valence-corrected chi connectivity index (χ0v) is 16.0. The van der Waals surface area contributed by atoms with Crippen LogP contribution in [0.25, 0.3) is 10.8 Å². The number of aromatic nitrogens is 2. The molecule has 3 aromatic rings. The summed E-state index contributed by atoms with van der Waals surface area (Å²) in [6.45, 7) is 2.43. The molecular weight excluding hydrogens is 358 g/mol. The van der Waals surface area contributed by atoms with Crippen LogP contribution in [0.1, 0.15) is 19.8 Å². The third-order valence-electron chi connectivity index (χ3n) is 4.27. The number of hydrogen-bond donors (Lipinski definition) is 1. The molecule has 1 heterocycles. The fourth-order valence-electron chi connectivity index (χ4n) is 2.75. The molecule has 7 nitrogen and oxygen atoms in total. The van der Waals surface area contributed by atoms with Gasteiger partial charge in [-0.2, -0.15) is 5.10 Å². The van der Waals surface area contributed by atoms with Crippen molar-refractivity contribution in [3.8, 4) is 11.5 Å². The average Bonchev–Trinajstić information content (AvgIpc) is 2.71. The first-order valence-corrected chi connectivity index (χ1v) is 9.18. The number of fused-ring (bicyclic) bond motifs is 1. The minimum absolute atomic E-state index is 0.199. The quantitative estimate of drug-likeness (QED) is 0.606. The summed E-state index contributed by atoms with van der Waals surface area (Å²) < 4.78 is 12.1. The fourth-order valence-corrected chi connectivity index (χ4v) is 2.75. The van der Waals surface area contributed by atoms with Gasteiger partial charge in [0.25, 0.3) is 5.56 Å². The molecule has 1 amide bonds. The summed E-state index contributed by atoms with van der Waals surface area (Å²) in [5.41, 5.74) is 0.188. The molecule has 0 saturated carbocycles. The van der Waals surface area contributed by atoms with E-state index < -0.39 is 0 Å². The summed E-state index contributed by atoms with van der Waals surface area (Å²) >= 11 is 0. The lowest BCUT2D eigenvalue weighted by Crippen LogP contribution is -2.29. The van der Waals surface area contributed by atoms with Gasteiger partial charge in [-0.05, 0) is 24.6 Å². The highest BCUT2D eigenvalue weighted by Gasteiger charge is 2.12. The molecule has 7 heteroatoms. The average molecular weight is 381 g/mol. The van der Waals surface area contributed by atoms with E-state index >= 15 is 0 Å². The second kappa shape index (κ2) is 9.03. The van der Waals surface area contributed by atoms with E-state index in [-0.39, 0.29) is 18.0 Å². The van der Waals surface area contributed by atoms with Gasteiger partial charge in [-0.25, -0.2) is 4.68 Å². The van der Waals surface area contributed by atoms with Crippen LogP contribution in [0, 0.1) is 0 Å². The van der Waals surface area contributed by atoms with Gasteiger partial charge >= 0.3 is 0 Å². The number of carbonyl (C=O) groups excluding carboxylic acids is 1. The van der Waals surface area contributed by atoms with Gasteiger partial charge < -0.3 is 14.8 Å². The van der Waals surface area contributed by atoms with E-state index in [0.717, 1.165) is 22.9 Å². The fraction of sp³-hybridized carbons (Fsp3) is 0.286. The molecule has 0 unspecified atom stereocenters. The standard InChI is InChI=1S/C21H23N3O4/c1-3-4-11-28-19-10-9-16(27-2)12-18(19)23-20(25)14-24-21(26)17-8-6-5-7-15(17)13-22-24/h5-10,12-13H,3-4,11,14H2,1-2H3,(H,23,25). The minimum Gasteiger partial charge on any atom is -0.497 e. The van der Waals surface area contributed by atoms with Crippen molar-refractivity contribution in [3.05, 3.63) is 59.0 Å². The van der Waals surface area contributed by atoms with Crippen LogP contribution in [-0.2, 0) is 11.3 Å². The molecule has 0 spiro atoms. The van der Waals surface area contributed by atoms with Crippen molar-refractivity contribution in [3.63, 3.8) is 0 Å². The van der Waals surface area contributed by atoms with E-state index in [1.807, 2.05) is 12.1 Å². The van der Waals surface area contributed by atoms with Crippen molar-refractivity contribution < 1.29 is 14.3 Å². The van der Waals surface area contributed by atoms with E-state index in [1.165, 1.54) is 0 Å². The molecule has 3 rings (SSSR count). The molecule has 1 N–H and O–H groups in total. The summed E-state index contributed by atoms with van der Waals surface area (Å²) in [6.07, 6.45) is 3.50.